The van der Waals surface area contributed by atoms with Gasteiger partial charge in [-0.2, -0.15) is 0 Å². The van der Waals surface area contributed by atoms with Crippen LogP contribution in [0.15, 0.2) is 48.5 Å². The number of carbonyl (C=O) groups is 2. The Morgan fingerprint density at radius 2 is 1.58 bits per heavy atom. The molecule has 0 atom stereocenters. The van der Waals surface area contributed by atoms with Crippen molar-refractivity contribution >= 4 is 35.0 Å². The van der Waals surface area contributed by atoms with E-state index in [2.05, 4.69) is 0 Å². The van der Waals surface area contributed by atoms with Gasteiger partial charge in [-0.15, -0.1) is 0 Å². The van der Waals surface area contributed by atoms with Gasteiger partial charge in [-0.25, -0.2) is 4.79 Å². The van der Waals surface area contributed by atoms with Crippen molar-refractivity contribution in [2.24, 2.45) is 0 Å². The zero-order chi connectivity index (χ0) is 13.8. The van der Waals surface area contributed by atoms with Crippen LogP contribution < -0.4 is 4.74 Å². The number of ether oxygens (including phenoxy) is 1. The van der Waals surface area contributed by atoms with E-state index < -0.39 is 11.8 Å². The molecular weight excluding hydrogens is 287 g/mol. The fourth-order valence-corrected chi connectivity index (χ4v) is 1.75. The van der Waals surface area contributed by atoms with Crippen LogP contribution in [0.1, 0.15) is 10.4 Å². The van der Waals surface area contributed by atoms with Gasteiger partial charge >= 0.3 is 5.97 Å². The van der Waals surface area contributed by atoms with Crippen molar-refractivity contribution in [1.29, 1.82) is 0 Å². The van der Waals surface area contributed by atoms with Gasteiger partial charge in [-0.1, -0.05) is 59.6 Å². The number of rotatable bonds is 3. The van der Waals surface area contributed by atoms with Crippen LogP contribution in [0.3, 0.4) is 0 Å². The van der Waals surface area contributed by atoms with Gasteiger partial charge in [0, 0.05) is 5.56 Å². The summed E-state index contributed by atoms with van der Waals surface area (Å²) >= 11 is 11.7. The van der Waals surface area contributed by atoms with Crippen LogP contribution in [0.25, 0.3) is 0 Å². The van der Waals surface area contributed by atoms with Crippen molar-refractivity contribution in [3.05, 3.63) is 64.1 Å². The van der Waals surface area contributed by atoms with E-state index in [1.54, 1.807) is 30.3 Å². The minimum atomic E-state index is -1.00. The first kappa shape index (κ1) is 13.6. The molecule has 2 rings (SSSR count). The summed E-state index contributed by atoms with van der Waals surface area (Å²) < 4.78 is 4.94. The van der Waals surface area contributed by atoms with E-state index in [0.717, 1.165) is 0 Å². The lowest BCUT2D eigenvalue weighted by Gasteiger charge is -2.06. The molecule has 0 aliphatic heterocycles. The molecule has 0 aliphatic carbocycles. The molecule has 2 aromatic carbocycles. The van der Waals surface area contributed by atoms with E-state index >= 15 is 0 Å². The summed E-state index contributed by atoms with van der Waals surface area (Å²) in [5, 5.41) is 0.345. The normalized spacial score (nSPS) is 10.0. The van der Waals surface area contributed by atoms with E-state index in [4.69, 9.17) is 27.9 Å². The predicted molar refractivity (Wildman–Crippen MR) is 72.9 cm³/mol. The second kappa shape index (κ2) is 5.87. The van der Waals surface area contributed by atoms with Crippen molar-refractivity contribution in [2.45, 2.75) is 0 Å². The van der Waals surface area contributed by atoms with Gasteiger partial charge in [0.05, 0.1) is 5.02 Å². The molecule has 0 saturated carbocycles. The highest BCUT2D eigenvalue weighted by Crippen LogP contribution is 2.31. The first-order chi connectivity index (χ1) is 9.09. The predicted octanol–water partition coefficient (Wildman–Crippen LogP) is 3.78. The molecule has 5 heteroatoms. The molecule has 0 fully saturated rings. The number of carbonyl (C=O) groups excluding carboxylic acids is 2. The van der Waals surface area contributed by atoms with E-state index in [1.807, 2.05) is 0 Å². The number of halogens is 2. The van der Waals surface area contributed by atoms with Crippen molar-refractivity contribution < 1.29 is 14.3 Å². The Kier molecular flexibility index (Phi) is 4.20. The molecule has 3 nitrogen and oxygen atoms in total. The average Bonchev–Trinajstić information content (AvgIpc) is 2.44. The lowest BCUT2D eigenvalue weighted by Crippen LogP contribution is -2.20. The van der Waals surface area contributed by atoms with Crippen LogP contribution in [0.2, 0.25) is 10.0 Å². The number of hydrogen-bond donors (Lipinski definition) is 0. The van der Waals surface area contributed by atoms with E-state index in [0.29, 0.717) is 0 Å². The van der Waals surface area contributed by atoms with Crippen molar-refractivity contribution in [2.75, 3.05) is 0 Å². The lowest BCUT2D eigenvalue weighted by molar-refractivity contribution is -0.129. The summed E-state index contributed by atoms with van der Waals surface area (Å²) in [5.74, 6) is -1.68. The van der Waals surface area contributed by atoms with Crippen LogP contribution in [0.5, 0.6) is 5.75 Å². The SMILES string of the molecule is O=C(Oc1cccc(Cl)c1Cl)C(=O)c1ccccc1. The molecule has 0 radical (unpaired) electrons. The summed E-state index contributed by atoms with van der Waals surface area (Å²) in [5.41, 5.74) is 0.255. The number of Topliss-reactive ketones (excluding diaryl/α,β-unsaturated/α-hetero) is 1. The van der Waals surface area contributed by atoms with Gasteiger partial charge in [0.15, 0.2) is 5.75 Å². The summed E-state index contributed by atoms with van der Waals surface area (Å²) in [4.78, 5) is 23.5. The smallest absolute Gasteiger partial charge is 0.385 e. The molecule has 0 heterocycles. The van der Waals surface area contributed by atoms with Crippen LogP contribution >= 0.6 is 23.2 Å². The Labute approximate surface area is 119 Å². The fraction of sp³-hybridized carbons (Fsp3) is 0. The highest BCUT2D eigenvalue weighted by atomic mass is 35.5. The summed E-state index contributed by atoms with van der Waals surface area (Å²) in [7, 11) is 0. The molecule has 0 aliphatic rings. The third kappa shape index (κ3) is 3.13. The van der Waals surface area contributed by atoms with Crippen LogP contribution in [0.4, 0.5) is 0 Å². The Balaban J connectivity index is 2.18. The summed E-state index contributed by atoms with van der Waals surface area (Å²) in [6.07, 6.45) is 0. The third-order valence-corrected chi connectivity index (χ3v) is 3.14. The monoisotopic (exact) mass is 294 g/mol. The Hall–Kier alpha value is -1.84. The maximum atomic E-state index is 11.8. The zero-order valence-corrected chi connectivity index (χ0v) is 11.1. The van der Waals surface area contributed by atoms with E-state index in [-0.39, 0.29) is 21.4 Å². The largest absolute Gasteiger partial charge is 0.419 e. The molecule has 0 saturated heterocycles. The molecule has 0 spiro atoms. The molecule has 96 valence electrons. The first-order valence-corrected chi connectivity index (χ1v) is 6.11. The number of esters is 1. The van der Waals surface area contributed by atoms with Crippen molar-refractivity contribution in [3.8, 4) is 5.75 Å². The molecule has 19 heavy (non-hydrogen) atoms. The topological polar surface area (TPSA) is 43.4 Å². The van der Waals surface area contributed by atoms with Gasteiger partial charge in [-0.05, 0) is 12.1 Å². The molecule has 0 aromatic heterocycles. The summed E-state index contributed by atoms with van der Waals surface area (Å²) in [6.45, 7) is 0. The molecular formula is C14H8Cl2O3. The number of hydrogen-bond acceptors (Lipinski definition) is 3. The van der Waals surface area contributed by atoms with Gasteiger partial charge in [0.1, 0.15) is 5.02 Å². The third-order valence-electron chi connectivity index (χ3n) is 2.34. The highest BCUT2D eigenvalue weighted by Gasteiger charge is 2.20. The van der Waals surface area contributed by atoms with Gasteiger partial charge in [0.25, 0.3) is 5.78 Å². The van der Waals surface area contributed by atoms with Crippen molar-refractivity contribution in [3.63, 3.8) is 0 Å². The highest BCUT2D eigenvalue weighted by molar-refractivity contribution is 6.44. The van der Waals surface area contributed by atoms with Gasteiger partial charge < -0.3 is 4.74 Å². The molecule has 2 aromatic rings. The molecule has 0 unspecified atom stereocenters. The minimum absolute atomic E-state index is 0.0587. The van der Waals surface area contributed by atoms with E-state index in [9.17, 15) is 9.59 Å². The summed E-state index contributed by atoms with van der Waals surface area (Å²) in [6, 6.07) is 12.7. The maximum absolute atomic E-state index is 11.8. The Bertz CT molecular complexity index is 624. The molecule has 0 N–H and O–H groups in total. The van der Waals surface area contributed by atoms with E-state index in [1.165, 1.54) is 18.2 Å². The second-order valence-electron chi connectivity index (χ2n) is 3.64. The van der Waals surface area contributed by atoms with Crippen LogP contribution in [-0.4, -0.2) is 11.8 Å². The standard InChI is InChI=1S/C14H8Cl2O3/c15-10-7-4-8-11(12(10)16)19-14(18)13(17)9-5-2-1-3-6-9/h1-8H. The quantitative estimate of drug-likeness (QED) is 0.374. The van der Waals surface area contributed by atoms with Gasteiger partial charge in [-0.3, -0.25) is 4.79 Å². The zero-order valence-electron chi connectivity index (χ0n) is 9.60. The Morgan fingerprint density at radius 1 is 0.895 bits per heavy atom. The van der Waals surface area contributed by atoms with Crippen LogP contribution in [-0.2, 0) is 4.79 Å². The first-order valence-electron chi connectivity index (χ1n) is 5.35. The van der Waals surface area contributed by atoms with Crippen LogP contribution in [0, 0.1) is 0 Å². The Morgan fingerprint density at radius 3 is 2.26 bits per heavy atom. The fourth-order valence-electron chi connectivity index (χ4n) is 1.42. The number of benzene rings is 2. The molecule has 0 bridgehead atoms. The maximum Gasteiger partial charge on any atom is 0.385 e. The van der Waals surface area contributed by atoms with Gasteiger partial charge in [0.2, 0.25) is 0 Å². The lowest BCUT2D eigenvalue weighted by atomic mass is 10.1. The molecule has 0 amide bonds. The average molecular weight is 295 g/mol. The number of ketones is 1. The van der Waals surface area contributed by atoms with Crippen molar-refractivity contribution in [1.82, 2.24) is 0 Å². The second-order valence-corrected chi connectivity index (χ2v) is 4.42. The minimum Gasteiger partial charge on any atom is -0.419 e.